The maximum atomic E-state index is 13.9. The highest BCUT2D eigenvalue weighted by Gasteiger charge is 2.32. The Kier molecular flexibility index (Phi) is 5.84. The summed E-state index contributed by atoms with van der Waals surface area (Å²) in [6.07, 6.45) is 4.16. The van der Waals surface area contributed by atoms with Gasteiger partial charge in [-0.05, 0) is 41.8 Å². The molecule has 0 bridgehead atoms. The summed E-state index contributed by atoms with van der Waals surface area (Å²) >= 11 is 0. The molecule has 1 atom stereocenters. The molecule has 3 aliphatic rings. The number of hydrogen-bond acceptors (Lipinski definition) is 6. The van der Waals surface area contributed by atoms with Gasteiger partial charge in [-0.15, -0.1) is 0 Å². The fourth-order valence-electron chi connectivity index (χ4n) is 5.26. The van der Waals surface area contributed by atoms with Gasteiger partial charge < -0.3 is 4.74 Å². The number of fused-ring (bicyclic) bond motifs is 2. The fourth-order valence-corrected chi connectivity index (χ4v) is 5.26. The average molecular weight is 465 g/mol. The van der Waals surface area contributed by atoms with Crippen LogP contribution in [-0.4, -0.2) is 59.9 Å². The lowest BCUT2D eigenvalue weighted by atomic mass is 9.89. The highest BCUT2D eigenvalue weighted by Crippen LogP contribution is 2.35. The van der Waals surface area contributed by atoms with Gasteiger partial charge in [0, 0.05) is 49.6 Å². The molecule has 35 heavy (non-hydrogen) atoms. The van der Waals surface area contributed by atoms with Crippen molar-refractivity contribution in [3.8, 4) is 0 Å². The van der Waals surface area contributed by atoms with Crippen LogP contribution in [0.3, 0.4) is 0 Å². The molecule has 2 aromatic carbocycles. The number of carbonyl (C=O) groups excluding carboxylic acids is 1. The molecule has 3 aliphatic heterocycles. The van der Waals surface area contributed by atoms with Crippen LogP contribution in [0.15, 0.2) is 70.9 Å². The van der Waals surface area contributed by atoms with E-state index in [-0.39, 0.29) is 11.7 Å². The summed E-state index contributed by atoms with van der Waals surface area (Å²) < 4.78 is 5.52. The molecule has 0 amide bonds. The zero-order valence-corrected chi connectivity index (χ0v) is 19.9. The number of ketones is 1. The summed E-state index contributed by atoms with van der Waals surface area (Å²) in [5, 5.41) is 0. The van der Waals surface area contributed by atoms with Crippen LogP contribution in [0.25, 0.3) is 0 Å². The highest BCUT2D eigenvalue weighted by atomic mass is 16.5. The number of aliphatic imine (C=N–C) groups is 2. The molecule has 0 N–H and O–H groups in total. The molecule has 6 nitrogen and oxygen atoms in total. The van der Waals surface area contributed by atoms with Crippen molar-refractivity contribution in [2.24, 2.45) is 9.98 Å². The number of ether oxygens (including phenoxy) is 1. The third kappa shape index (κ3) is 4.35. The third-order valence-electron chi connectivity index (χ3n) is 7.12. The predicted molar refractivity (Wildman–Crippen MR) is 137 cm³/mol. The second-order valence-corrected chi connectivity index (χ2v) is 9.52. The summed E-state index contributed by atoms with van der Waals surface area (Å²) in [6.45, 7) is 6.56. The molecular weight excluding hydrogens is 436 g/mol. The zero-order valence-electron chi connectivity index (χ0n) is 19.9. The number of hydrogen-bond donors (Lipinski definition) is 0. The van der Waals surface area contributed by atoms with Crippen molar-refractivity contribution >= 4 is 22.9 Å². The smallest absolute Gasteiger partial charge is 0.186 e. The van der Waals surface area contributed by atoms with Crippen molar-refractivity contribution in [3.05, 3.63) is 94.3 Å². The number of aryl methyl sites for hydroxylation is 1. The van der Waals surface area contributed by atoms with Gasteiger partial charge in [-0.1, -0.05) is 35.9 Å². The van der Waals surface area contributed by atoms with E-state index in [2.05, 4.69) is 47.1 Å². The molecule has 0 spiro atoms. The van der Waals surface area contributed by atoms with Crippen molar-refractivity contribution in [3.63, 3.8) is 0 Å². The van der Waals surface area contributed by atoms with Crippen molar-refractivity contribution in [2.75, 3.05) is 32.8 Å². The van der Waals surface area contributed by atoms with Crippen LogP contribution < -0.4 is 0 Å². The molecule has 176 valence electrons. The molecule has 0 radical (unpaired) electrons. The summed E-state index contributed by atoms with van der Waals surface area (Å²) in [5.41, 5.74) is 9.24. The van der Waals surface area contributed by atoms with E-state index in [1.54, 1.807) is 12.4 Å². The Hall–Kier alpha value is -3.48. The van der Waals surface area contributed by atoms with Gasteiger partial charge in [0.05, 0.1) is 42.8 Å². The standard InChI is InChI=1S/C29H28N4O2/c1-19-3-2-4-21(13-19)25(18-33-9-11-35-12-10-33)29(34)27-15-22-14-23-17-31-28(20-5-7-30-8-6-20)24(23)16-26(22)32-27/h2-8,13-14,16,25H,9-12,15,17-18H2,1H3. The van der Waals surface area contributed by atoms with E-state index in [0.29, 0.717) is 38.4 Å². The third-order valence-corrected chi connectivity index (χ3v) is 7.12. The number of pyridine rings is 1. The SMILES string of the molecule is Cc1cccc(C(CN2CCOCC2)C(=O)C2=Nc3cc4c(cc3C2)CN=C4c2ccncc2)c1. The number of benzene rings is 2. The molecule has 1 aromatic heterocycles. The van der Waals surface area contributed by atoms with Gasteiger partial charge in [0.2, 0.25) is 0 Å². The first-order valence-electron chi connectivity index (χ1n) is 12.2. The Morgan fingerprint density at radius 1 is 1.06 bits per heavy atom. The number of rotatable bonds is 6. The lowest BCUT2D eigenvalue weighted by Crippen LogP contribution is -2.41. The second-order valence-electron chi connectivity index (χ2n) is 9.52. The van der Waals surface area contributed by atoms with Crippen LogP contribution in [0, 0.1) is 6.92 Å². The molecule has 1 fully saturated rings. The fraction of sp³-hybridized carbons (Fsp3) is 0.310. The molecule has 1 unspecified atom stereocenters. The molecule has 6 heteroatoms. The van der Waals surface area contributed by atoms with Crippen LogP contribution in [0.4, 0.5) is 5.69 Å². The minimum Gasteiger partial charge on any atom is -0.379 e. The predicted octanol–water partition coefficient (Wildman–Crippen LogP) is 4.05. The Bertz CT molecular complexity index is 1340. The summed E-state index contributed by atoms with van der Waals surface area (Å²) in [6, 6.07) is 16.6. The quantitative estimate of drug-likeness (QED) is 0.552. The molecule has 6 rings (SSSR count). The van der Waals surface area contributed by atoms with Gasteiger partial charge in [0.1, 0.15) is 0 Å². The van der Waals surface area contributed by atoms with Crippen LogP contribution in [0.2, 0.25) is 0 Å². The maximum absolute atomic E-state index is 13.9. The van der Waals surface area contributed by atoms with Gasteiger partial charge in [-0.2, -0.15) is 0 Å². The van der Waals surface area contributed by atoms with E-state index >= 15 is 0 Å². The lowest BCUT2D eigenvalue weighted by molar-refractivity contribution is -0.115. The number of aromatic nitrogens is 1. The number of morpholine rings is 1. The number of nitrogens with zero attached hydrogens (tertiary/aromatic N) is 4. The highest BCUT2D eigenvalue weighted by molar-refractivity contribution is 6.43. The van der Waals surface area contributed by atoms with Crippen LogP contribution in [0.5, 0.6) is 0 Å². The summed E-state index contributed by atoms with van der Waals surface area (Å²) in [7, 11) is 0. The molecule has 1 saturated heterocycles. The van der Waals surface area contributed by atoms with E-state index in [1.165, 1.54) is 11.1 Å². The maximum Gasteiger partial charge on any atom is 0.186 e. The van der Waals surface area contributed by atoms with Crippen LogP contribution >= 0.6 is 0 Å². The Labute approximate surface area is 205 Å². The van der Waals surface area contributed by atoms with Gasteiger partial charge in [0.25, 0.3) is 0 Å². The van der Waals surface area contributed by atoms with Crippen molar-refractivity contribution in [2.45, 2.75) is 25.8 Å². The van der Waals surface area contributed by atoms with Gasteiger partial charge in [-0.3, -0.25) is 19.7 Å². The Balaban J connectivity index is 1.30. The first kappa shape index (κ1) is 22.0. The first-order valence-corrected chi connectivity index (χ1v) is 12.2. The van der Waals surface area contributed by atoms with Gasteiger partial charge >= 0.3 is 0 Å². The minimum atomic E-state index is -0.234. The molecule has 3 aromatic rings. The van der Waals surface area contributed by atoms with Gasteiger partial charge in [-0.25, -0.2) is 4.99 Å². The Morgan fingerprint density at radius 2 is 1.89 bits per heavy atom. The van der Waals surface area contributed by atoms with Crippen molar-refractivity contribution < 1.29 is 9.53 Å². The molecule has 4 heterocycles. The monoisotopic (exact) mass is 464 g/mol. The average Bonchev–Trinajstić information content (AvgIpc) is 3.50. The normalized spacial score (nSPS) is 18.0. The first-order chi connectivity index (χ1) is 17.2. The minimum absolute atomic E-state index is 0.126. The van der Waals surface area contributed by atoms with E-state index < -0.39 is 0 Å². The Morgan fingerprint density at radius 3 is 2.69 bits per heavy atom. The largest absolute Gasteiger partial charge is 0.379 e. The van der Waals surface area contributed by atoms with Crippen LogP contribution in [-0.2, 0) is 22.5 Å². The molecule has 0 aliphatic carbocycles. The second kappa shape index (κ2) is 9.29. The zero-order chi connectivity index (χ0) is 23.8. The van der Waals surface area contributed by atoms with E-state index in [1.807, 2.05) is 18.2 Å². The number of carbonyl (C=O) groups is 1. The number of Topliss-reactive ketones (excluding diaryl/α,β-unsaturated/α-hetero) is 1. The topological polar surface area (TPSA) is 67.2 Å². The van der Waals surface area contributed by atoms with E-state index in [0.717, 1.165) is 46.7 Å². The molecular formula is C29H28N4O2. The molecule has 0 saturated carbocycles. The van der Waals surface area contributed by atoms with Crippen LogP contribution in [0.1, 0.15) is 39.3 Å². The van der Waals surface area contributed by atoms with E-state index in [4.69, 9.17) is 14.7 Å². The van der Waals surface area contributed by atoms with Crippen molar-refractivity contribution in [1.29, 1.82) is 0 Å². The van der Waals surface area contributed by atoms with Gasteiger partial charge in [0.15, 0.2) is 5.78 Å². The lowest BCUT2D eigenvalue weighted by Gasteiger charge is -2.30. The summed E-state index contributed by atoms with van der Waals surface area (Å²) in [5.74, 6) is -0.108. The van der Waals surface area contributed by atoms with Crippen molar-refractivity contribution in [1.82, 2.24) is 9.88 Å². The summed E-state index contributed by atoms with van der Waals surface area (Å²) in [4.78, 5) is 30.0. The van der Waals surface area contributed by atoms with E-state index in [9.17, 15) is 4.79 Å².